The van der Waals surface area contributed by atoms with E-state index in [4.69, 9.17) is 4.74 Å². The van der Waals surface area contributed by atoms with Crippen LogP contribution in [0.4, 0.5) is 0 Å². The first-order chi connectivity index (χ1) is 10.4. The average molecular weight is 322 g/mol. The lowest BCUT2D eigenvalue weighted by Gasteiger charge is -2.22. The maximum atomic E-state index is 12.6. The maximum absolute atomic E-state index is 12.6. The molecule has 118 valence electrons. The molecule has 1 aliphatic rings. The number of rotatable bonds is 3. The van der Waals surface area contributed by atoms with Gasteiger partial charge in [-0.1, -0.05) is 6.07 Å². The number of fused-ring (bicyclic) bond motifs is 1. The van der Waals surface area contributed by atoms with Crippen molar-refractivity contribution in [1.29, 1.82) is 0 Å². The monoisotopic (exact) mass is 322 g/mol. The standard InChI is InChI=1S/C15H18N2O4S/c1-17(10-6-7-22(19,20)9-10)15(18)13-8-11-12(16-13)4-3-5-14(11)21-2/h3-5,8,10,16H,6-7,9H2,1-2H3. The van der Waals surface area contributed by atoms with E-state index in [0.29, 0.717) is 17.9 Å². The topological polar surface area (TPSA) is 79.5 Å². The van der Waals surface area contributed by atoms with Gasteiger partial charge < -0.3 is 14.6 Å². The van der Waals surface area contributed by atoms with Gasteiger partial charge in [0.1, 0.15) is 11.4 Å². The molecule has 1 amide bonds. The third-order valence-corrected chi connectivity index (χ3v) is 5.90. The number of H-pyrrole nitrogens is 1. The molecular weight excluding hydrogens is 304 g/mol. The number of methoxy groups -OCH3 is 1. The third-order valence-electron chi connectivity index (χ3n) is 4.15. The van der Waals surface area contributed by atoms with Gasteiger partial charge >= 0.3 is 0 Å². The van der Waals surface area contributed by atoms with Crippen molar-refractivity contribution in [3.05, 3.63) is 30.0 Å². The zero-order valence-corrected chi connectivity index (χ0v) is 13.3. The molecule has 2 heterocycles. The van der Waals surface area contributed by atoms with Crippen LogP contribution in [0, 0.1) is 0 Å². The molecule has 1 aromatic heterocycles. The van der Waals surface area contributed by atoms with Crippen molar-refractivity contribution in [3.63, 3.8) is 0 Å². The first-order valence-corrected chi connectivity index (χ1v) is 8.87. The summed E-state index contributed by atoms with van der Waals surface area (Å²) in [5.74, 6) is 0.675. The highest BCUT2D eigenvalue weighted by Gasteiger charge is 2.33. The van der Waals surface area contributed by atoms with Gasteiger partial charge in [0, 0.05) is 24.0 Å². The van der Waals surface area contributed by atoms with Gasteiger partial charge in [-0.2, -0.15) is 0 Å². The van der Waals surface area contributed by atoms with E-state index in [1.807, 2.05) is 18.2 Å². The van der Waals surface area contributed by atoms with Crippen LogP contribution in [0.1, 0.15) is 16.9 Å². The lowest BCUT2D eigenvalue weighted by atomic mass is 10.2. The summed E-state index contributed by atoms with van der Waals surface area (Å²) in [6.07, 6.45) is 0.494. The van der Waals surface area contributed by atoms with Crippen LogP contribution in [-0.4, -0.2) is 55.9 Å². The minimum Gasteiger partial charge on any atom is -0.496 e. The molecule has 0 bridgehead atoms. The molecule has 0 radical (unpaired) electrons. The van der Waals surface area contributed by atoms with Crippen molar-refractivity contribution in [2.75, 3.05) is 25.7 Å². The number of benzene rings is 1. The zero-order valence-electron chi connectivity index (χ0n) is 12.5. The summed E-state index contributed by atoms with van der Waals surface area (Å²) in [6.45, 7) is 0. The van der Waals surface area contributed by atoms with Crippen LogP contribution in [0.3, 0.4) is 0 Å². The van der Waals surface area contributed by atoms with Crippen LogP contribution >= 0.6 is 0 Å². The number of amides is 1. The zero-order chi connectivity index (χ0) is 15.9. The lowest BCUT2D eigenvalue weighted by molar-refractivity contribution is 0.0743. The van der Waals surface area contributed by atoms with Crippen molar-refractivity contribution >= 4 is 26.6 Å². The Balaban J connectivity index is 1.89. The predicted molar refractivity (Wildman–Crippen MR) is 84.0 cm³/mol. The van der Waals surface area contributed by atoms with E-state index in [-0.39, 0.29) is 23.5 Å². The summed E-state index contributed by atoms with van der Waals surface area (Å²) < 4.78 is 28.4. The van der Waals surface area contributed by atoms with E-state index in [1.165, 1.54) is 4.90 Å². The Morgan fingerprint density at radius 1 is 1.41 bits per heavy atom. The first-order valence-electron chi connectivity index (χ1n) is 7.04. The molecule has 1 saturated heterocycles. The van der Waals surface area contributed by atoms with Crippen LogP contribution in [-0.2, 0) is 9.84 Å². The second-order valence-electron chi connectivity index (χ2n) is 5.58. The Morgan fingerprint density at radius 3 is 2.82 bits per heavy atom. The number of sulfone groups is 1. The molecule has 1 fully saturated rings. The Kier molecular flexibility index (Phi) is 3.60. The molecule has 7 heteroatoms. The molecule has 22 heavy (non-hydrogen) atoms. The third kappa shape index (κ3) is 2.56. The average Bonchev–Trinajstić information content (AvgIpc) is 3.08. The fraction of sp³-hybridized carbons (Fsp3) is 0.400. The van der Waals surface area contributed by atoms with Gasteiger partial charge in [0.15, 0.2) is 9.84 Å². The number of carbonyl (C=O) groups excluding carboxylic acids is 1. The summed E-state index contributed by atoms with van der Waals surface area (Å²) >= 11 is 0. The summed E-state index contributed by atoms with van der Waals surface area (Å²) in [5.41, 5.74) is 1.25. The van der Waals surface area contributed by atoms with E-state index >= 15 is 0 Å². The molecule has 6 nitrogen and oxygen atoms in total. The van der Waals surface area contributed by atoms with E-state index < -0.39 is 9.84 Å². The van der Waals surface area contributed by atoms with Gasteiger partial charge in [0.25, 0.3) is 5.91 Å². The molecule has 3 rings (SSSR count). The summed E-state index contributed by atoms with van der Waals surface area (Å²) in [7, 11) is 0.216. The van der Waals surface area contributed by atoms with Crippen molar-refractivity contribution in [1.82, 2.24) is 9.88 Å². The smallest absolute Gasteiger partial charge is 0.270 e. The number of hydrogen-bond donors (Lipinski definition) is 1. The SMILES string of the molecule is COc1cccc2[nH]c(C(=O)N(C)C3CCS(=O)(=O)C3)cc12. The molecule has 2 aromatic rings. The van der Waals surface area contributed by atoms with E-state index in [2.05, 4.69) is 4.98 Å². The van der Waals surface area contributed by atoms with Gasteiger partial charge in [0.2, 0.25) is 0 Å². The van der Waals surface area contributed by atoms with Gasteiger partial charge in [-0.3, -0.25) is 4.79 Å². The maximum Gasteiger partial charge on any atom is 0.270 e. The summed E-state index contributed by atoms with van der Waals surface area (Å²) in [4.78, 5) is 17.2. The van der Waals surface area contributed by atoms with Crippen LogP contribution < -0.4 is 4.74 Å². The Morgan fingerprint density at radius 2 is 2.18 bits per heavy atom. The minimum absolute atomic E-state index is 0.0405. The second-order valence-corrected chi connectivity index (χ2v) is 7.81. The normalized spacial score (nSPS) is 20.2. The number of nitrogens with one attached hydrogen (secondary N) is 1. The molecule has 1 N–H and O–H groups in total. The van der Waals surface area contributed by atoms with Crippen LogP contribution in [0.5, 0.6) is 5.75 Å². The molecule has 0 aliphatic carbocycles. The van der Waals surface area contributed by atoms with E-state index in [9.17, 15) is 13.2 Å². The van der Waals surface area contributed by atoms with E-state index in [1.54, 1.807) is 20.2 Å². The van der Waals surface area contributed by atoms with Crippen LogP contribution in [0.2, 0.25) is 0 Å². The van der Waals surface area contributed by atoms with Crippen molar-refractivity contribution in [2.45, 2.75) is 12.5 Å². The number of carbonyl (C=O) groups is 1. The van der Waals surface area contributed by atoms with E-state index in [0.717, 1.165) is 10.9 Å². The van der Waals surface area contributed by atoms with Gasteiger partial charge in [-0.15, -0.1) is 0 Å². The highest BCUT2D eigenvalue weighted by molar-refractivity contribution is 7.91. The Labute approximate surface area is 129 Å². The summed E-state index contributed by atoms with van der Waals surface area (Å²) in [5, 5.41) is 0.834. The highest BCUT2D eigenvalue weighted by Crippen LogP contribution is 2.27. The minimum atomic E-state index is -3.02. The Bertz CT molecular complexity index is 825. The lowest BCUT2D eigenvalue weighted by Crippen LogP contribution is -2.37. The molecule has 1 atom stereocenters. The molecule has 0 spiro atoms. The fourth-order valence-electron chi connectivity index (χ4n) is 2.86. The Hall–Kier alpha value is -2.02. The van der Waals surface area contributed by atoms with Crippen LogP contribution in [0.25, 0.3) is 10.9 Å². The van der Waals surface area contributed by atoms with Gasteiger partial charge in [-0.05, 0) is 24.6 Å². The molecule has 1 aromatic carbocycles. The first kappa shape index (κ1) is 14.9. The quantitative estimate of drug-likeness (QED) is 0.927. The fourth-order valence-corrected chi connectivity index (χ4v) is 4.63. The van der Waals surface area contributed by atoms with Crippen LogP contribution in [0.15, 0.2) is 24.3 Å². The van der Waals surface area contributed by atoms with Crippen molar-refractivity contribution in [2.24, 2.45) is 0 Å². The largest absolute Gasteiger partial charge is 0.496 e. The summed E-state index contributed by atoms with van der Waals surface area (Å²) in [6, 6.07) is 7.04. The highest BCUT2D eigenvalue weighted by atomic mass is 32.2. The molecule has 0 saturated carbocycles. The second kappa shape index (κ2) is 5.31. The molecule has 1 unspecified atom stereocenters. The number of aromatic nitrogens is 1. The number of nitrogens with zero attached hydrogens (tertiary/aromatic N) is 1. The number of hydrogen-bond acceptors (Lipinski definition) is 4. The van der Waals surface area contributed by atoms with Gasteiger partial charge in [0.05, 0.1) is 18.6 Å². The van der Waals surface area contributed by atoms with Gasteiger partial charge in [-0.25, -0.2) is 8.42 Å². The predicted octanol–water partition coefficient (Wildman–Crippen LogP) is 1.44. The van der Waals surface area contributed by atoms with Crippen molar-refractivity contribution in [3.8, 4) is 5.75 Å². The number of aromatic amines is 1. The number of ether oxygens (including phenoxy) is 1. The van der Waals surface area contributed by atoms with Crippen molar-refractivity contribution < 1.29 is 17.9 Å². The molecular formula is C15H18N2O4S. The molecule has 1 aliphatic heterocycles.